The second-order valence-electron chi connectivity index (χ2n) is 11.1. The van der Waals surface area contributed by atoms with Crippen molar-refractivity contribution in [2.24, 2.45) is 16.1 Å². The second-order valence-corrected chi connectivity index (χ2v) is 14.7. The lowest BCUT2D eigenvalue weighted by Gasteiger charge is -2.38. The number of hydrogen-bond donors (Lipinski definition) is 5. The van der Waals surface area contributed by atoms with Gasteiger partial charge in [0.05, 0.1) is 23.2 Å². The van der Waals surface area contributed by atoms with E-state index >= 15 is 0 Å². The minimum atomic E-state index is -4.14. The van der Waals surface area contributed by atoms with E-state index in [2.05, 4.69) is 35.6 Å². The summed E-state index contributed by atoms with van der Waals surface area (Å²) in [6.45, 7) is 12.5. The minimum absolute atomic E-state index is 0.00923. The lowest BCUT2D eigenvalue weighted by molar-refractivity contribution is -0.130. The molecule has 0 saturated carbocycles. The van der Waals surface area contributed by atoms with Crippen molar-refractivity contribution in [3.63, 3.8) is 0 Å². The highest BCUT2D eigenvalue weighted by Gasteiger charge is 2.53. The minimum Gasteiger partial charge on any atom is -0.509 e. The number of aliphatic hydroxyl groups is 1. The van der Waals surface area contributed by atoms with Crippen LogP contribution in [0, 0.1) is 11.3 Å². The van der Waals surface area contributed by atoms with Crippen LogP contribution in [0.1, 0.15) is 54.4 Å². The van der Waals surface area contributed by atoms with Crippen molar-refractivity contribution in [3.05, 3.63) is 29.5 Å². The van der Waals surface area contributed by atoms with Gasteiger partial charge in [-0.3, -0.25) is 9.52 Å². The van der Waals surface area contributed by atoms with Crippen LogP contribution in [0.5, 0.6) is 0 Å². The number of nitrogens with one attached hydrogen (secondary N) is 2. The van der Waals surface area contributed by atoms with Crippen LogP contribution in [0.2, 0.25) is 0 Å². The molecule has 10 nitrogen and oxygen atoms in total. The fourth-order valence-electron chi connectivity index (χ4n) is 4.49. The van der Waals surface area contributed by atoms with E-state index in [1.807, 2.05) is 20.8 Å². The molecule has 0 aromatic heterocycles. The van der Waals surface area contributed by atoms with Gasteiger partial charge in [0.25, 0.3) is 5.91 Å². The van der Waals surface area contributed by atoms with Crippen LogP contribution in [-0.2, 0) is 14.8 Å². The van der Waals surface area contributed by atoms with Crippen LogP contribution < -0.4 is 15.3 Å². The van der Waals surface area contributed by atoms with Crippen molar-refractivity contribution in [1.29, 1.82) is 0 Å². The third-order valence-corrected chi connectivity index (χ3v) is 8.15. The first-order valence-corrected chi connectivity index (χ1v) is 15.0. The van der Waals surface area contributed by atoms with Gasteiger partial charge in [0.15, 0.2) is 5.84 Å². The molecule has 0 aliphatic carbocycles. The number of nitrogens with zero attached hydrogens (tertiary/aromatic N) is 2. The number of aliphatic hydroxyl groups excluding tert-OH is 1. The van der Waals surface area contributed by atoms with Crippen molar-refractivity contribution >= 4 is 46.3 Å². The number of sulfonamides is 1. The molecule has 12 heteroatoms. The topological polar surface area (TPSA) is 152 Å². The van der Waals surface area contributed by atoms with Gasteiger partial charge in [0, 0.05) is 12.6 Å². The van der Waals surface area contributed by atoms with Crippen LogP contribution >= 0.6 is 7.87 Å². The Labute approximate surface area is 207 Å². The van der Waals surface area contributed by atoms with Gasteiger partial charge >= 0.3 is 7.87 Å². The number of amidine groups is 1. The Hall–Kier alpha value is -2.20. The van der Waals surface area contributed by atoms with Crippen LogP contribution in [0.3, 0.4) is 0 Å². The lowest BCUT2D eigenvalue weighted by Crippen LogP contribution is -2.48. The van der Waals surface area contributed by atoms with E-state index in [4.69, 9.17) is 0 Å². The van der Waals surface area contributed by atoms with Gasteiger partial charge in [0.1, 0.15) is 11.3 Å². The maximum Gasteiger partial charge on any atom is 0.429 e. The summed E-state index contributed by atoms with van der Waals surface area (Å²) in [5.74, 6) is -0.526. The molecule has 1 unspecified atom stereocenters. The molecule has 1 amide bonds. The summed E-state index contributed by atoms with van der Waals surface area (Å²) in [6, 6.07) is 4.22. The monoisotopic (exact) mass is 527 g/mol. The van der Waals surface area contributed by atoms with Crippen molar-refractivity contribution in [2.75, 3.05) is 22.8 Å². The highest BCUT2D eigenvalue weighted by atomic mass is 32.2. The number of benzene rings is 1. The predicted octanol–water partition coefficient (Wildman–Crippen LogP) is 3.15. The normalized spacial score (nSPS) is 22.3. The molecule has 2 aliphatic heterocycles. The molecular weight excluding hydrogens is 491 g/mol. The van der Waals surface area contributed by atoms with Crippen molar-refractivity contribution < 1.29 is 28.1 Å². The number of carbonyl (C=O) groups is 1. The molecule has 0 radical (unpaired) electrons. The number of anilines is 2. The van der Waals surface area contributed by atoms with E-state index in [0.29, 0.717) is 19.4 Å². The van der Waals surface area contributed by atoms with Gasteiger partial charge in [0.2, 0.25) is 15.3 Å². The van der Waals surface area contributed by atoms with Crippen LogP contribution in [0.4, 0.5) is 11.4 Å². The van der Waals surface area contributed by atoms with Gasteiger partial charge < -0.3 is 15.3 Å². The summed E-state index contributed by atoms with van der Waals surface area (Å²) in [5.41, 5.74) is -0.675. The number of hydrogen-bond acceptors (Lipinski definition) is 8. The van der Waals surface area contributed by atoms with E-state index in [0.717, 1.165) is 6.26 Å². The zero-order valence-electron chi connectivity index (χ0n) is 21.2. The first kappa shape index (κ1) is 27.4. The Balaban J connectivity index is 2.04. The van der Waals surface area contributed by atoms with E-state index in [9.17, 15) is 28.1 Å². The third kappa shape index (κ3) is 5.80. The zero-order chi connectivity index (χ0) is 26.6. The van der Waals surface area contributed by atoms with Gasteiger partial charge in [-0.25, -0.2) is 8.42 Å². The molecule has 2 aliphatic rings. The fraction of sp³-hybridized carbons (Fsp3) is 0.565. The third-order valence-electron chi connectivity index (χ3n) is 6.05. The Bertz CT molecular complexity index is 1200. The van der Waals surface area contributed by atoms with Crippen molar-refractivity contribution in [2.45, 2.75) is 59.9 Å². The van der Waals surface area contributed by atoms with E-state index in [1.165, 1.54) is 18.2 Å². The lowest BCUT2D eigenvalue weighted by atomic mass is 9.86. The number of carbonyl (C=O) groups excluding carboxylic acids is 1. The zero-order valence-corrected chi connectivity index (χ0v) is 23.0. The van der Waals surface area contributed by atoms with Crippen LogP contribution in [0.15, 0.2) is 34.3 Å². The summed E-state index contributed by atoms with van der Waals surface area (Å²) < 4.78 is 29.5. The quantitative estimate of drug-likeness (QED) is 0.342. The van der Waals surface area contributed by atoms with Crippen LogP contribution in [-0.4, -0.2) is 58.3 Å². The molecule has 2 heterocycles. The standard InChI is InChI=1S/C23H35N4O6PS/c1-14(2)13-23(6)19(28)18(21(29)27(23)11-10-22(3,4)5)20-24-16-9-8-15(26-35(7,32)33)12-17(16)34(30,31)25-20/h8-9,12,14,26,30-31H,10-11,13H2,1-7H3,(H-,24,25,28,29)/p+1. The molecule has 0 spiro atoms. The summed E-state index contributed by atoms with van der Waals surface area (Å²) in [6.07, 6.45) is 2.21. The Kier molecular flexibility index (Phi) is 7.07. The molecule has 0 bridgehead atoms. The molecule has 194 valence electrons. The Morgan fingerprint density at radius 1 is 1.26 bits per heavy atom. The van der Waals surface area contributed by atoms with Gasteiger partial charge in [-0.15, -0.1) is 0 Å². The molecule has 3 rings (SSSR count). The average molecular weight is 528 g/mol. The molecule has 0 saturated heterocycles. The van der Waals surface area contributed by atoms with Crippen molar-refractivity contribution in [3.8, 4) is 0 Å². The van der Waals surface area contributed by atoms with Gasteiger partial charge in [-0.2, -0.15) is 9.79 Å². The summed E-state index contributed by atoms with van der Waals surface area (Å²) in [7, 11) is -7.71. The molecule has 1 atom stereocenters. The molecule has 5 N–H and O–H groups in total. The van der Waals surface area contributed by atoms with Crippen molar-refractivity contribution in [1.82, 2.24) is 4.90 Å². The molecule has 35 heavy (non-hydrogen) atoms. The van der Waals surface area contributed by atoms with Crippen LogP contribution in [0.25, 0.3) is 0 Å². The highest BCUT2D eigenvalue weighted by molar-refractivity contribution is 7.92. The number of amides is 1. The second kappa shape index (κ2) is 9.03. The van der Waals surface area contributed by atoms with Gasteiger partial charge in [-0.1, -0.05) is 34.6 Å². The maximum absolute atomic E-state index is 13.6. The molecular formula is C23H36N4O6PS+. The molecule has 0 fully saturated rings. The average Bonchev–Trinajstić information content (AvgIpc) is 2.83. The molecule has 1 aromatic rings. The fourth-order valence-corrected chi connectivity index (χ4v) is 6.35. The number of rotatable bonds is 7. The summed E-state index contributed by atoms with van der Waals surface area (Å²) in [5, 5.41) is 14.3. The van der Waals surface area contributed by atoms with E-state index in [1.54, 1.807) is 4.90 Å². The SMILES string of the molecule is CC(C)CC1(C)C(O)=C(C2=N[P+](O)(O)c3cc(NS(C)(=O)=O)ccc3N2)C(=O)N1CCC(C)(C)C. The Morgan fingerprint density at radius 2 is 1.89 bits per heavy atom. The Morgan fingerprint density at radius 3 is 2.43 bits per heavy atom. The summed E-state index contributed by atoms with van der Waals surface area (Å²) in [4.78, 5) is 36.9. The first-order valence-electron chi connectivity index (χ1n) is 11.4. The predicted molar refractivity (Wildman–Crippen MR) is 140 cm³/mol. The smallest absolute Gasteiger partial charge is 0.429 e. The van der Waals surface area contributed by atoms with E-state index < -0.39 is 29.3 Å². The summed E-state index contributed by atoms with van der Waals surface area (Å²) >= 11 is 0. The van der Waals surface area contributed by atoms with E-state index in [-0.39, 0.29) is 45.2 Å². The maximum atomic E-state index is 13.6. The number of fused-ring (bicyclic) bond motifs is 1. The first-order chi connectivity index (χ1) is 15.8. The van der Waals surface area contributed by atoms with Gasteiger partial charge in [-0.05, 0) is 48.0 Å². The highest BCUT2D eigenvalue weighted by Crippen LogP contribution is 2.55. The largest absolute Gasteiger partial charge is 0.509 e. The molecule has 1 aromatic carbocycles.